The minimum atomic E-state index is 0.727. The second kappa shape index (κ2) is 4.60. The molecule has 1 aliphatic rings. The summed E-state index contributed by atoms with van der Waals surface area (Å²) >= 11 is 0. The van der Waals surface area contributed by atoms with Crippen molar-refractivity contribution in [1.82, 2.24) is 14.9 Å². The molecule has 78 valence electrons. The Bertz CT molecular complexity index is 274. The Labute approximate surface area is 85.5 Å². The van der Waals surface area contributed by atoms with E-state index in [0.29, 0.717) is 0 Å². The molecule has 0 bridgehead atoms. The van der Waals surface area contributed by atoms with E-state index in [1.54, 1.807) is 0 Å². The largest absolute Gasteiger partial charge is 0.335 e. The SMILES string of the molecule is Cc1nccn1CC[C@H]1CCCCN1. The Morgan fingerprint density at radius 1 is 1.57 bits per heavy atom. The van der Waals surface area contributed by atoms with Gasteiger partial charge < -0.3 is 9.88 Å². The Morgan fingerprint density at radius 2 is 2.50 bits per heavy atom. The molecule has 3 nitrogen and oxygen atoms in total. The summed E-state index contributed by atoms with van der Waals surface area (Å²) < 4.78 is 2.23. The van der Waals surface area contributed by atoms with Gasteiger partial charge in [-0.15, -0.1) is 0 Å². The first-order chi connectivity index (χ1) is 6.86. The van der Waals surface area contributed by atoms with Crippen LogP contribution in [0.4, 0.5) is 0 Å². The van der Waals surface area contributed by atoms with Crippen molar-refractivity contribution < 1.29 is 0 Å². The number of piperidine rings is 1. The molecule has 0 radical (unpaired) electrons. The maximum absolute atomic E-state index is 4.22. The summed E-state index contributed by atoms with van der Waals surface area (Å²) in [5, 5.41) is 3.57. The van der Waals surface area contributed by atoms with E-state index in [9.17, 15) is 0 Å². The first-order valence-electron chi connectivity index (χ1n) is 5.57. The number of rotatable bonds is 3. The Hall–Kier alpha value is -0.830. The molecule has 0 aliphatic carbocycles. The molecular weight excluding hydrogens is 174 g/mol. The van der Waals surface area contributed by atoms with Crippen molar-refractivity contribution in [2.45, 2.75) is 45.2 Å². The fourth-order valence-corrected chi connectivity index (χ4v) is 2.11. The van der Waals surface area contributed by atoms with Gasteiger partial charge in [-0.3, -0.25) is 0 Å². The van der Waals surface area contributed by atoms with Crippen molar-refractivity contribution in [2.24, 2.45) is 0 Å². The van der Waals surface area contributed by atoms with E-state index in [4.69, 9.17) is 0 Å². The molecule has 0 spiro atoms. The van der Waals surface area contributed by atoms with Gasteiger partial charge in [-0.25, -0.2) is 4.98 Å². The average Bonchev–Trinajstić information content (AvgIpc) is 2.63. The molecule has 0 amide bonds. The highest BCUT2D eigenvalue weighted by atomic mass is 15.1. The third kappa shape index (κ3) is 2.35. The van der Waals surface area contributed by atoms with Crippen LogP contribution in [0.1, 0.15) is 31.5 Å². The van der Waals surface area contributed by atoms with Crippen molar-refractivity contribution in [3.05, 3.63) is 18.2 Å². The fourth-order valence-electron chi connectivity index (χ4n) is 2.11. The van der Waals surface area contributed by atoms with Gasteiger partial charge >= 0.3 is 0 Å². The molecule has 1 aliphatic heterocycles. The standard InChI is InChI=1S/C11H19N3/c1-10-12-7-9-14(10)8-5-11-4-2-3-6-13-11/h7,9,11,13H,2-6,8H2,1H3/t11-/m1/s1. The number of hydrogen-bond donors (Lipinski definition) is 1. The van der Waals surface area contributed by atoms with E-state index in [0.717, 1.165) is 18.4 Å². The number of nitrogens with one attached hydrogen (secondary N) is 1. The molecule has 1 aromatic rings. The number of aryl methyl sites for hydroxylation is 2. The van der Waals surface area contributed by atoms with Gasteiger partial charge in [0.2, 0.25) is 0 Å². The van der Waals surface area contributed by atoms with Crippen LogP contribution >= 0.6 is 0 Å². The Morgan fingerprint density at radius 3 is 3.14 bits per heavy atom. The van der Waals surface area contributed by atoms with E-state index in [2.05, 4.69) is 28.0 Å². The van der Waals surface area contributed by atoms with Gasteiger partial charge in [-0.1, -0.05) is 6.42 Å². The molecular formula is C11H19N3. The quantitative estimate of drug-likeness (QED) is 0.792. The highest BCUT2D eigenvalue weighted by molar-refractivity contribution is 4.88. The van der Waals surface area contributed by atoms with Gasteiger partial charge in [0.15, 0.2) is 0 Å². The van der Waals surface area contributed by atoms with Gasteiger partial charge in [0.1, 0.15) is 5.82 Å². The van der Waals surface area contributed by atoms with Crippen molar-refractivity contribution in [3.63, 3.8) is 0 Å². The van der Waals surface area contributed by atoms with Crippen LogP contribution in [0.15, 0.2) is 12.4 Å². The lowest BCUT2D eigenvalue weighted by atomic mass is 10.0. The molecule has 14 heavy (non-hydrogen) atoms. The number of aromatic nitrogens is 2. The lowest BCUT2D eigenvalue weighted by Gasteiger charge is -2.23. The van der Waals surface area contributed by atoms with Gasteiger partial charge in [0.05, 0.1) is 0 Å². The minimum Gasteiger partial charge on any atom is -0.335 e. The van der Waals surface area contributed by atoms with Crippen LogP contribution in [0.3, 0.4) is 0 Å². The van der Waals surface area contributed by atoms with Crippen LogP contribution in [0.2, 0.25) is 0 Å². The van der Waals surface area contributed by atoms with E-state index in [1.807, 2.05) is 6.20 Å². The van der Waals surface area contributed by atoms with Crippen LogP contribution < -0.4 is 5.32 Å². The minimum absolute atomic E-state index is 0.727. The third-order valence-electron chi connectivity index (χ3n) is 3.05. The average molecular weight is 193 g/mol. The highest BCUT2D eigenvalue weighted by Crippen LogP contribution is 2.11. The van der Waals surface area contributed by atoms with Crippen molar-refractivity contribution in [1.29, 1.82) is 0 Å². The Kier molecular flexibility index (Phi) is 3.19. The summed E-state index contributed by atoms with van der Waals surface area (Å²) in [7, 11) is 0. The molecule has 1 saturated heterocycles. The topological polar surface area (TPSA) is 29.9 Å². The maximum Gasteiger partial charge on any atom is 0.105 e. The molecule has 0 saturated carbocycles. The summed E-state index contributed by atoms with van der Waals surface area (Å²) in [5.41, 5.74) is 0. The van der Waals surface area contributed by atoms with Crippen molar-refractivity contribution in [3.8, 4) is 0 Å². The summed E-state index contributed by atoms with van der Waals surface area (Å²) in [5.74, 6) is 1.13. The third-order valence-corrected chi connectivity index (χ3v) is 3.05. The predicted octanol–water partition coefficient (Wildman–Crippen LogP) is 1.72. The molecule has 1 aromatic heterocycles. The van der Waals surface area contributed by atoms with Crippen molar-refractivity contribution >= 4 is 0 Å². The van der Waals surface area contributed by atoms with E-state index >= 15 is 0 Å². The van der Waals surface area contributed by atoms with E-state index < -0.39 is 0 Å². The van der Waals surface area contributed by atoms with Crippen molar-refractivity contribution in [2.75, 3.05) is 6.54 Å². The highest BCUT2D eigenvalue weighted by Gasteiger charge is 2.12. The summed E-state index contributed by atoms with van der Waals surface area (Å²) in [6, 6.07) is 0.727. The van der Waals surface area contributed by atoms with Gasteiger partial charge in [0.25, 0.3) is 0 Å². The van der Waals surface area contributed by atoms with Crippen LogP contribution in [0, 0.1) is 6.92 Å². The van der Waals surface area contributed by atoms with Crippen LogP contribution in [0.5, 0.6) is 0 Å². The Balaban J connectivity index is 1.79. The van der Waals surface area contributed by atoms with Crippen LogP contribution in [-0.2, 0) is 6.54 Å². The normalized spacial score (nSPS) is 22.5. The summed E-state index contributed by atoms with van der Waals surface area (Å²) in [6.07, 6.45) is 9.26. The smallest absolute Gasteiger partial charge is 0.105 e. The zero-order valence-electron chi connectivity index (χ0n) is 8.87. The number of nitrogens with zero attached hydrogens (tertiary/aromatic N) is 2. The fraction of sp³-hybridized carbons (Fsp3) is 0.727. The second-order valence-corrected chi connectivity index (χ2v) is 4.10. The monoisotopic (exact) mass is 193 g/mol. The predicted molar refractivity (Wildman–Crippen MR) is 57.2 cm³/mol. The van der Waals surface area contributed by atoms with Gasteiger partial charge in [-0.2, -0.15) is 0 Å². The second-order valence-electron chi connectivity index (χ2n) is 4.10. The molecule has 0 unspecified atom stereocenters. The molecule has 1 N–H and O–H groups in total. The summed E-state index contributed by atoms with van der Waals surface area (Å²) in [6.45, 7) is 4.37. The lowest BCUT2D eigenvalue weighted by molar-refractivity contribution is 0.365. The van der Waals surface area contributed by atoms with Crippen LogP contribution in [0.25, 0.3) is 0 Å². The molecule has 0 aromatic carbocycles. The van der Waals surface area contributed by atoms with E-state index in [-0.39, 0.29) is 0 Å². The maximum atomic E-state index is 4.22. The van der Waals surface area contributed by atoms with Gasteiger partial charge in [0, 0.05) is 25.0 Å². The molecule has 2 rings (SSSR count). The summed E-state index contributed by atoms with van der Waals surface area (Å²) in [4.78, 5) is 4.22. The number of hydrogen-bond acceptors (Lipinski definition) is 2. The molecule has 1 atom stereocenters. The number of imidazole rings is 1. The first-order valence-corrected chi connectivity index (χ1v) is 5.57. The zero-order chi connectivity index (χ0) is 9.80. The lowest BCUT2D eigenvalue weighted by Crippen LogP contribution is -2.34. The first kappa shape index (κ1) is 9.71. The molecule has 2 heterocycles. The molecule has 3 heteroatoms. The van der Waals surface area contributed by atoms with Gasteiger partial charge in [-0.05, 0) is 32.7 Å². The zero-order valence-corrected chi connectivity index (χ0v) is 8.87. The van der Waals surface area contributed by atoms with Crippen LogP contribution in [-0.4, -0.2) is 22.1 Å². The van der Waals surface area contributed by atoms with E-state index in [1.165, 1.54) is 32.2 Å². The molecule has 1 fully saturated rings.